The number of fused-ring (bicyclic) bond motifs is 3. The van der Waals surface area contributed by atoms with Crippen molar-refractivity contribution >= 4 is 27.5 Å². The number of phenols is 2. The van der Waals surface area contributed by atoms with Crippen LogP contribution in [0.5, 0.6) is 11.5 Å². The van der Waals surface area contributed by atoms with E-state index in [2.05, 4.69) is 9.97 Å². The summed E-state index contributed by atoms with van der Waals surface area (Å²) in [4.78, 5) is 7.43. The molecule has 0 saturated carbocycles. The molecule has 0 aliphatic rings. The van der Waals surface area contributed by atoms with Crippen LogP contribution in [0.3, 0.4) is 0 Å². The summed E-state index contributed by atoms with van der Waals surface area (Å²) in [7, 11) is 0. The number of nitrogens with one attached hydrogen (secondary N) is 1. The molecule has 0 saturated heterocycles. The number of rotatable bonds is 1. The fourth-order valence-electron chi connectivity index (χ4n) is 2.17. The normalized spacial score (nSPS) is 11.4. The zero-order valence-electron chi connectivity index (χ0n) is 9.86. The van der Waals surface area contributed by atoms with Crippen LogP contribution in [-0.4, -0.2) is 20.2 Å². The summed E-state index contributed by atoms with van der Waals surface area (Å²) < 4.78 is 0. The molecule has 0 aliphatic heterocycles. The molecule has 3 rings (SSSR count). The minimum absolute atomic E-state index is 0.170. The first-order chi connectivity index (χ1) is 8.61. The topological polar surface area (TPSA) is 95.2 Å². The minimum Gasteiger partial charge on any atom is -0.504 e. The number of hydrogen-bond acceptors (Lipinski definition) is 4. The Morgan fingerprint density at radius 3 is 2.72 bits per heavy atom. The van der Waals surface area contributed by atoms with Crippen LogP contribution in [-0.2, 0) is 6.42 Å². The van der Waals surface area contributed by atoms with Crippen molar-refractivity contribution in [3.63, 3.8) is 0 Å². The van der Waals surface area contributed by atoms with Crippen LogP contribution in [0.2, 0.25) is 0 Å². The lowest BCUT2D eigenvalue weighted by Gasteiger charge is -2.05. The van der Waals surface area contributed by atoms with Crippen LogP contribution in [0.15, 0.2) is 18.2 Å². The largest absolute Gasteiger partial charge is 0.504 e. The van der Waals surface area contributed by atoms with Crippen LogP contribution in [0.4, 0.5) is 5.69 Å². The smallest absolute Gasteiger partial charge is 0.184 e. The molecule has 0 spiro atoms. The SMILES string of the molecule is CCc1nc2c([nH]1)c(O)c(O)c1cc(N)ccc12. The number of aromatic hydroxyl groups is 2. The Balaban J connectivity index is 2.55. The summed E-state index contributed by atoms with van der Waals surface area (Å²) in [6.45, 7) is 1.97. The third kappa shape index (κ3) is 1.30. The summed E-state index contributed by atoms with van der Waals surface area (Å²) >= 11 is 0. The molecule has 18 heavy (non-hydrogen) atoms. The molecule has 0 fully saturated rings. The van der Waals surface area contributed by atoms with E-state index in [9.17, 15) is 10.2 Å². The van der Waals surface area contributed by atoms with Crippen molar-refractivity contribution in [2.75, 3.05) is 5.73 Å². The molecule has 5 heteroatoms. The first-order valence-electron chi connectivity index (χ1n) is 5.73. The predicted molar refractivity (Wildman–Crippen MR) is 70.7 cm³/mol. The number of nitrogens with two attached hydrogens (primary N) is 1. The average molecular weight is 243 g/mol. The summed E-state index contributed by atoms with van der Waals surface area (Å²) in [5.74, 6) is 0.412. The van der Waals surface area contributed by atoms with Gasteiger partial charge in [0, 0.05) is 22.9 Å². The highest BCUT2D eigenvalue weighted by atomic mass is 16.3. The van der Waals surface area contributed by atoms with Crippen molar-refractivity contribution < 1.29 is 10.2 Å². The van der Waals surface area contributed by atoms with Crippen LogP contribution in [0.25, 0.3) is 21.8 Å². The number of H-pyrrole nitrogens is 1. The zero-order chi connectivity index (χ0) is 12.9. The Morgan fingerprint density at radius 2 is 2.00 bits per heavy atom. The molecule has 0 aliphatic carbocycles. The van der Waals surface area contributed by atoms with Crippen molar-refractivity contribution in [1.82, 2.24) is 9.97 Å². The van der Waals surface area contributed by atoms with Crippen molar-refractivity contribution in [2.24, 2.45) is 0 Å². The molecular formula is C13H13N3O2. The third-order valence-corrected chi connectivity index (χ3v) is 3.10. The van der Waals surface area contributed by atoms with E-state index < -0.39 is 0 Å². The van der Waals surface area contributed by atoms with Crippen molar-refractivity contribution in [3.05, 3.63) is 24.0 Å². The maximum atomic E-state index is 10.0. The van der Waals surface area contributed by atoms with Gasteiger partial charge in [0.05, 0.1) is 0 Å². The number of imidazole rings is 1. The summed E-state index contributed by atoms with van der Waals surface area (Å²) in [5.41, 5.74) is 7.34. The van der Waals surface area contributed by atoms with Gasteiger partial charge in [-0.25, -0.2) is 4.98 Å². The number of hydrogen-bond donors (Lipinski definition) is 4. The fourth-order valence-corrected chi connectivity index (χ4v) is 2.17. The minimum atomic E-state index is -0.185. The number of aromatic nitrogens is 2. The number of nitrogens with zero attached hydrogens (tertiary/aromatic N) is 1. The standard InChI is InChI=1S/C13H13N3O2/c1-2-9-15-10-7-4-3-6(14)5-8(7)12(17)13(18)11(10)16-9/h3-5,17-18H,2,14H2,1H3,(H,15,16). The summed E-state index contributed by atoms with van der Waals surface area (Å²) in [5, 5.41) is 21.3. The number of nitrogen functional groups attached to an aromatic ring is 1. The Morgan fingerprint density at radius 1 is 1.22 bits per heavy atom. The molecule has 0 bridgehead atoms. The number of benzene rings is 2. The average Bonchev–Trinajstić information content (AvgIpc) is 2.80. The van der Waals surface area contributed by atoms with E-state index in [1.807, 2.05) is 6.92 Å². The van der Waals surface area contributed by atoms with Gasteiger partial charge in [-0.1, -0.05) is 6.92 Å². The highest BCUT2D eigenvalue weighted by Gasteiger charge is 2.16. The van der Waals surface area contributed by atoms with E-state index in [0.717, 1.165) is 17.6 Å². The Labute approximate surface area is 103 Å². The van der Waals surface area contributed by atoms with Gasteiger partial charge in [-0.3, -0.25) is 0 Å². The summed E-state index contributed by atoms with van der Waals surface area (Å²) in [6, 6.07) is 5.18. The fraction of sp³-hybridized carbons (Fsp3) is 0.154. The predicted octanol–water partition coefficient (Wildman–Crippen LogP) is 2.27. The van der Waals surface area contributed by atoms with Crippen LogP contribution < -0.4 is 5.73 Å². The van der Waals surface area contributed by atoms with Crippen LogP contribution in [0, 0.1) is 0 Å². The lowest BCUT2D eigenvalue weighted by Crippen LogP contribution is -1.86. The van der Waals surface area contributed by atoms with Gasteiger partial charge < -0.3 is 20.9 Å². The van der Waals surface area contributed by atoms with Gasteiger partial charge in [-0.05, 0) is 18.2 Å². The molecular weight excluding hydrogens is 230 g/mol. The molecule has 0 amide bonds. The van der Waals surface area contributed by atoms with Crippen molar-refractivity contribution in [2.45, 2.75) is 13.3 Å². The van der Waals surface area contributed by atoms with E-state index in [-0.39, 0.29) is 11.5 Å². The van der Waals surface area contributed by atoms with E-state index in [0.29, 0.717) is 22.1 Å². The lowest BCUT2D eigenvalue weighted by atomic mass is 10.1. The molecule has 5 N–H and O–H groups in total. The van der Waals surface area contributed by atoms with Crippen LogP contribution >= 0.6 is 0 Å². The van der Waals surface area contributed by atoms with Gasteiger partial charge in [-0.2, -0.15) is 0 Å². The second-order valence-electron chi connectivity index (χ2n) is 4.26. The molecule has 0 atom stereocenters. The molecule has 1 aromatic heterocycles. The number of phenolic OH excluding ortho intramolecular Hbond substituents is 2. The summed E-state index contributed by atoms with van der Waals surface area (Å²) in [6.07, 6.45) is 0.728. The molecule has 3 aromatic rings. The third-order valence-electron chi connectivity index (χ3n) is 3.10. The highest BCUT2D eigenvalue weighted by Crippen LogP contribution is 2.41. The van der Waals surface area contributed by atoms with Crippen molar-refractivity contribution in [1.29, 1.82) is 0 Å². The second-order valence-corrected chi connectivity index (χ2v) is 4.26. The first kappa shape index (κ1) is 10.7. The first-order valence-corrected chi connectivity index (χ1v) is 5.73. The molecule has 1 heterocycles. The van der Waals surface area contributed by atoms with E-state index in [4.69, 9.17) is 5.73 Å². The van der Waals surface area contributed by atoms with E-state index in [1.54, 1.807) is 18.2 Å². The van der Waals surface area contributed by atoms with Gasteiger partial charge >= 0.3 is 0 Å². The van der Waals surface area contributed by atoms with E-state index in [1.165, 1.54) is 0 Å². The van der Waals surface area contributed by atoms with Crippen LogP contribution in [0.1, 0.15) is 12.7 Å². The quantitative estimate of drug-likeness (QED) is 0.389. The van der Waals surface area contributed by atoms with Gasteiger partial charge in [-0.15, -0.1) is 0 Å². The second kappa shape index (κ2) is 3.53. The highest BCUT2D eigenvalue weighted by molar-refractivity contribution is 6.11. The van der Waals surface area contributed by atoms with Gasteiger partial charge in [0.25, 0.3) is 0 Å². The maximum Gasteiger partial charge on any atom is 0.184 e. The lowest BCUT2D eigenvalue weighted by molar-refractivity contribution is 0.412. The Hall–Kier alpha value is -2.43. The van der Waals surface area contributed by atoms with Gasteiger partial charge in [0.1, 0.15) is 16.9 Å². The van der Waals surface area contributed by atoms with E-state index >= 15 is 0 Å². The Bertz CT molecular complexity index is 762. The van der Waals surface area contributed by atoms with Gasteiger partial charge in [0.15, 0.2) is 11.5 Å². The molecule has 92 valence electrons. The molecule has 5 nitrogen and oxygen atoms in total. The Kier molecular flexibility index (Phi) is 2.10. The molecule has 0 radical (unpaired) electrons. The maximum absolute atomic E-state index is 10.0. The number of anilines is 1. The van der Waals surface area contributed by atoms with Crippen molar-refractivity contribution in [3.8, 4) is 11.5 Å². The molecule has 2 aromatic carbocycles. The zero-order valence-corrected chi connectivity index (χ0v) is 9.86. The molecule has 0 unspecified atom stereocenters. The number of aromatic amines is 1. The van der Waals surface area contributed by atoms with Gasteiger partial charge in [0.2, 0.25) is 0 Å². The number of aryl methyl sites for hydroxylation is 1. The monoisotopic (exact) mass is 243 g/mol.